The van der Waals surface area contributed by atoms with Crippen LogP contribution in [-0.4, -0.2) is 30.8 Å². The molecule has 0 aliphatic carbocycles. The Labute approximate surface area is 119 Å². The average Bonchev–Trinajstić information content (AvgIpc) is 2.38. The number of amides is 1. The van der Waals surface area contributed by atoms with Crippen molar-refractivity contribution in [1.29, 1.82) is 0 Å². The maximum absolute atomic E-state index is 11.8. The molecule has 110 valence electrons. The molecule has 0 spiro atoms. The minimum atomic E-state index is -0.151. The Balaban J connectivity index is 1.76. The summed E-state index contributed by atoms with van der Waals surface area (Å²) in [4.78, 5) is 11.8. The van der Waals surface area contributed by atoms with E-state index in [1.807, 2.05) is 13.8 Å². The minimum absolute atomic E-state index is 0.0640. The van der Waals surface area contributed by atoms with Crippen LogP contribution in [0.25, 0.3) is 0 Å². The summed E-state index contributed by atoms with van der Waals surface area (Å²) in [7, 11) is 0. The van der Waals surface area contributed by atoms with Crippen molar-refractivity contribution in [2.24, 2.45) is 0 Å². The van der Waals surface area contributed by atoms with Gasteiger partial charge in [-0.25, -0.2) is 0 Å². The molecule has 0 bridgehead atoms. The van der Waals surface area contributed by atoms with Crippen molar-refractivity contribution in [1.82, 2.24) is 0 Å². The van der Waals surface area contributed by atoms with E-state index in [9.17, 15) is 4.79 Å². The fraction of sp³-hybridized carbons (Fsp3) is 0.533. The third-order valence-corrected chi connectivity index (χ3v) is 3.30. The lowest BCUT2D eigenvalue weighted by Crippen LogP contribution is -2.35. The van der Waals surface area contributed by atoms with Gasteiger partial charge >= 0.3 is 0 Å². The molecule has 2 unspecified atom stereocenters. The van der Waals surface area contributed by atoms with Crippen LogP contribution in [0.4, 0.5) is 11.4 Å². The molecule has 0 aromatic heterocycles. The topological polar surface area (TPSA) is 73.6 Å². The van der Waals surface area contributed by atoms with Crippen molar-refractivity contribution < 1.29 is 14.3 Å². The Kier molecular flexibility index (Phi) is 4.98. The van der Waals surface area contributed by atoms with Gasteiger partial charge in [-0.2, -0.15) is 0 Å². The van der Waals surface area contributed by atoms with Crippen molar-refractivity contribution in [3.05, 3.63) is 24.3 Å². The van der Waals surface area contributed by atoms with E-state index in [1.54, 1.807) is 24.3 Å². The van der Waals surface area contributed by atoms with Gasteiger partial charge in [-0.1, -0.05) is 0 Å². The van der Waals surface area contributed by atoms with Crippen LogP contribution in [0.2, 0.25) is 0 Å². The molecule has 2 rings (SSSR count). The molecule has 1 aliphatic rings. The number of hydrogen-bond acceptors (Lipinski definition) is 4. The van der Waals surface area contributed by atoms with Gasteiger partial charge in [0, 0.05) is 11.4 Å². The fourth-order valence-electron chi connectivity index (χ4n) is 2.44. The predicted molar refractivity (Wildman–Crippen MR) is 78.5 cm³/mol. The molecule has 1 saturated heterocycles. The second-order valence-electron chi connectivity index (χ2n) is 5.33. The Bertz CT molecular complexity index is 437. The first-order valence-corrected chi connectivity index (χ1v) is 6.95. The number of rotatable bonds is 4. The average molecular weight is 278 g/mol. The van der Waals surface area contributed by atoms with Gasteiger partial charge < -0.3 is 20.5 Å². The largest absolute Gasteiger partial charge is 0.399 e. The van der Waals surface area contributed by atoms with E-state index in [0.29, 0.717) is 5.69 Å². The van der Waals surface area contributed by atoms with Gasteiger partial charge in [0.1, 0.15) is 6.61 Å². The van der Waals surface area contributed by atoms with Crippen LogP contribution < -0.4 is 11.1 Å². The molecule has 1 fully saturated rings. The van der Waals surface area contributed by atoms with E-state index in [1.165, 1.54) is 0 Å². The Morgan fingerprint density at radius 2 is 1.90 bits per heavy atom. The van der Waals surface area contributed by atoms with Crippen molar-refractivity contribution in [3.63, 3.8) is 0 Å². The lowest BCUT2D eigenvalue weighted by atomic mass is 10.0. The van der Waals surface area contributed by atoms with Crippen LogP contribution in [0.3, 0.4) is 0 Å². The van der Waals surface area contributed by atoms with E-state index in [4.69, 9.17) is 15.2 Å². The number of nitrogens with one attached hydrogen (secondary N) is 1. The number of carbonyl (C=O) groups excluding carboxylic acids is 1. The van der Waals surface area contributed by atoms with Gasteiger partial charge in [-0.3, -0.25) is 4.79 Å². The highest BCUT2D eigenvalue weighted by atomic mass is 16.5. The highest BCUT2D eigenvalue weighted by Gasteiger charge is 2.25. The molecule has 2 atom stereocenters. The molecule has 3 N–H and O–H groups in total. The van der Waals surface area contributed by atoms with Crippen LogP contribution >= 0.6 is 0 Å². The predicted octanol–water partition coefficient (Wildman–Crippen LogP) is 2.18. The number of benzene rings is 1. The third kappa shape index (κ3) is 4.51. The Hall–Kier alpha value is -1.59. The summed E-state index contributed by atoms with van der Waals surface area (Å²) in [5.74, 6) is -0.151. The quantitative estimate of drug-likeness (QED) is 0.828. The molecule has 5 heteroatoms. The number of carbonyl (C=O) groups is 1. The fourth-order valence-corrected chi connectivity index (χ4v) is 2.44. The van der Waals surface area contributed by atoms with Crippen LogP contribution in [-0.2, 0) is 14.3 Å². The number of ether oxygens (including phenoxy) is 2. The zero-order valence-corrected chi connectivity index (χ0v) is 12.0. The first-order valence-electron chi connectivity index (χ1n) is 6.95. The molecule has 20 heavy (non-hydrogen) atoms. The second-order valence-corrected chi connectivity index (χ2v) is 5.33. The summed E-state index contributed by atoms with van der Waals surface area (Å²) in [5.41, 5.74) is 6.98. The number of nitrogen functional groups attached to an aromatic ring is 1. The molecule has 1 heterocycles. The first kappa shape index (κ1) is 14.8. The summed E-state index contributed by atoms with van der Waals surface area (Å²) in [6.45, 7) is 4.12. The van der Waals surface area contributed by atoms with Gasteiger partial charge in [-0.05, 0) is 51.0 Å². The molecule has 1 aromatic carbocycles. The number of hydrogen-bond donors (Lipinski definition) is 2. The van der Waals surface area contributed by atoms with Gasteiger partial charge in [0.05, 0.1) is 18.3 Å². The molecule has 1 aliphatic heterocycles. The molecule has 0 radical (unpaired) electrons. The normalized spacial score (nSPS) is 26.2. The van der Waals surface area contributed by atoms with E-state index in [-0.39, 0.29) is 30.8 Å². The number of anilines is 2. The zero-order chi connectivity index (χ0) is 14.5. The molecule has 0 saturated carbocycles. The van der Waals surface area contributed by atoms with Crippen LogP contribution in [0.5, 0.6) is 0 Å². The standard InChI is InChI=1S/C15H22N2O3/c1-10-7-14(8-11(2)20-10)19-9-15(18)17-13-5-3-12(16)4-6-13/h3-6,10-11,14H,7-9,16H2,1-2H3,(H,17,18). The van der Waals surface area contributed by atoms with Gasteiger partial charge in [-0.15, -0.1) is 0 Å². The summed E-state index contributed by atoms with van der Waals surface area (Å²) in [6, 6.07) is 7.04. The summed E-state index contributed by atoms with van der Waals surface area (Å²) < 4.78 is 11.3. The Morgan fingerprint density at radius 3 is 2.50 bits per heavy atom. The monoisotopic (exact) mass is 278 g/mol. The molecule has 1 aromatic rings. The highest BCUT2D eigenvalue weighted by Crippen LogP contribution is 2.21. The summed E-state index contributed by atoms with van der Waals surface area (Å²) >= 11 is 0. The summed E-state index contributed by atoms with van der Waals surface area (Å²) in [6.07, 6.45) is 2.12. The van der Waals surface area contributed by atoms with E-state index >= 15 is 0 Å². The van der Waals surface area contributed by atoms with Gasteiger partial charge in [0.25, 0.3) is 0 Å². The SMILES string of the molecule is CC1CC(OCC(=O)Nc2ccc(N)cc2)CC(C)O1. The number of nitrogens with two attached hydrogens (primary N) is 1. The Morgan fingerprint density at radius 1 is 1.30 bits per heavy atom. The van der Waals surface area contributed by atoms with Crippen LogP contribution in [0.1, 0.15) is 26.7 Å². The van der Waals surface area contributed by atoms with E-state index < -0.39 is 0 Å². The summed E-state index contributed by atoms with van der Waals surface area (Å²) in [5, 5.41) is 2.78. The van der Waals surface area contributed by atoms with Crippen molar-refractivity contribution in [2.45, 2.75) is 45.0 Å². The lowest BCUT2D eigenvalue weighted by molar-refractivity contribution is -0.131. The molecular formula is C15H22N2O3. The van der Waals surface area contributed by atoms with Gasteiger partial charge in [0.15, 0.2) is 0 Å². The second kappa shape index (κ2) is 6.72. The molecule has 1 amide bonds. The first-order chi connectivity index (χ1) is 9.52. The van der Waals surface area contributed by atoms with Crippen molar-refractivity contribution >= 4 is 17.3 Å². The molecular weight excluding hydrogens is 256 g/mol. The third-order valence-electron chi connectivity index (χ3n) is 3.30. The van der Waals surface area contributed by atoms with Gasteiger partial charge in [0.2, 0.25) is 5.91 Å². The van der Waals surface area contributed by atoms with Crippen molar-refractivity contribution in [2.75, 3.05) is 17.7 Å². The maximum atomic E-state index is 11.8. The maximum Gasteiger partial charge on any atom is 0.250 e. The highest BCUT2D eigenvalue weighted by molar-refractivity contribution is 5.91. The van der Waals surface area contributed by atoms with Crippen LogP contribution in [0, 0.1) is 0 Å². The van der Waals surface area contributed by atoms with Crippen LogP contribution in [0.15, 0.2) is 24.3 Å². The zero-order valence-electron chi connectivity index (χ0n) is 12.0. The minimum Gasteiger partial charge on any atom is -0.399 e. The van der Waals surface area contributed by atoms with Crippen molar-refractivity contribution in [3.8, 4) is 0 Å². The lowest BCUT2D eigenvalue weighted by Gasteiger charge is -2.31. The van der Waals surface area contributed by atoms with E-state index in [2.05, 4.69) is 5.32 Å². The smallest absolute Gasteiger partial charge is 0.250 e. The van der Waals surface area contributed by atoms with E-state index in [0.717, 1.165) is 18.5 Å². The molecule has 5 nitrogen and oxygen atoms in total.